The number of alkyl halides is 3. The van der Waals surface area contributed by atoms with E-state index in [1.807, 2.05) is 0 Å². The number of nitrogens with zero attached hydrogens (tertiary/aromatic N) is 1. The van der Waals surface area contributed by atoms with Crippen LogP contribution in [0.3, 0.4) is 0 Å². The van der Waals surface area contributed by atoms with Crippen LogP contribution in [0, 0.1) is 10.1 Å². The lowest BCUT2D eigenvalue weighted by atomic mass is 10.1. The summed E-state index contributed by atoms with van der Waals surface area (Å²) in [7, 11) is 0. The van der Waals surface area contributed by atoms with Crippen LogP contribution in [0.15, 0.2) is 36.4 Å². The molecule has 9 nitrogen and oxygen atoms in total. The van der Waals surface area contributed by atoms with Gasteiger partial charge in [-0.2, -0.15) is 13.2 Å². The maximum atomic E-state index is 12.8. The lowest BCUT2D eigenvalue weighted by molar-refractivity contribution is -0.384. The summed E-state index contributed by atoms with van der Waals surface area (Å²) < 4.78 is 54.1. The van der Waals surface area contributed by atoms with Gasteiger partial charge in [-0.15, -0.1) is 0 Å². The summed E-state index contributed by atoms with van der Waals surface area (Å²) >= 11 is 0. The number of nitro groups is 1. The van der Waals surface area contributed by atoms with Gasteiger partial charge in [0.15, 0.2) is 23.9 Å². The molecule has 2 aromatic carbocycles. The van der Waals surface area contributed by atoms with E-state index in [-0.39, 0.29) is 11.3 Å². The molecule has 0 saturated heterocycles. The van der Waals surface area contributed by atoms with Crippen molar-refractivity contribution in [2.24, 2.45) is 0 Å². The highest BCUT2D eigenvalue weighted by Crippen LogP contribution is 2.35. The van der Waals surface area contributed by atoms with Crippen LogP contribution >= 0.6 is 0 Å². The lowest BCUT2D eigenvalue weighted by Gasteiger charge is -2.18. The summed E-state index contributed by atoms with van der Waals surface area (Å²) in [5, 5.41) is 13.6. The standard InChI is InChI=1S/C20H17F3N2O7/c1-11(24-14-4-3-13(20(21,22)23)9-15(14)25(28)29)19(27)32-10-16(26)12-2-5-17-18(8-12)31-7-6-30-17/h2-5,8-9,11,24H,6-7,10H2,1H3/t11-/m1/s1. The van der Waals surface area contributed by atoms with E-state index in [1.165, 1.54) is 19.1 Å². The van der Waals surface area contributed by atoms with Crippen molar-refractivity contribution in [1.29, 1.82) is 0 Å². The van der Waals surface area contributed by atoms with Gasteiger partial charge in [0.2, 0.25) is 0 Å². The number of carbonyl (C=O) groups excluding carboxylic acids is 2. The molecule has 0 radical (unpaired) electrons. The Morgan fingerprint density at radius 3 is 2.50 bits per heavy atom. The molecule has 0 aromatic heterocycles. The lowest BCUT2D eigenvalue weighted by Crippen LogP contribution is -2.30. The van der Waals surface area contributed by atoms with Gasteiger partial charge < -0.3 is 19.5 Å². The second-order valence-electron chi connectivity index (χ2n) is 6.74. The summed E-state index contributed by atoms with van der Waals surface area (Å²) in [5.41, 5.74) is -2.13. The van der Waals surface area contributed by atoms with Crippen LogP contribution in [-0.2, 0) is 15.7 Å². The minimum absolute atomic E-state index is 0.223. The van der Waals surface area contributed by atoms with Crippen LogP contribution in [0.4, 0.5) is 24.5 Å². The van der Waals surface area contributed by atoms with Crippen LogP contribution in [0.1, 0.15) is 22.8 Å². The maximum Gasteiger partial charge on any atom is 0.416 e. The number of nitrogens with one attached hydrogen (secondary N) is 1. The number of anilines is 1. The predicted octanol–water partition coefficient (Wildman–Crippen LogP) is 3.61. The molecule has 0 aliphatic carbocycles. The molecule has 0 bridgehead atoms. The number of ketones is 1. The number of esters is 1. The minimum atomic E-state index is -4.76. The zero-order valence-electron chi connectivity index (χ0n) is 16.6. The van der Waals surface area contributed by atoms with Gasteiger partial charge in [0, 0.05) is 11.6 Å². The molecule has 1 aliphatic rings. The van der Waals surface area contributed by atoms with Crippen molar-refractivity contribution in [2.75, 3.05) is 25.1 Å². The van der Waals surface area contributed by atoms with Crippen molar-refractivity contribution in [3.8, 4) is 11.5 Å². The quantitative estimate of drug-likeness (QED) is 0.292. The summed E-state index contributed by atoms with van der Waals surface area (Å²) in [5.74, 6) is -0.577. The third-order valence-corrected chi connectivity index (χ3v) is 4.46. The number of hydrogen-bond donors (Lipinski definition) is 1. The maximum absolute atomic E-state index is 12.8. The van der Waals surface area contributed by atoms with Gasteiger partial charge in [0.1, 0.15) is 24.9 Å². The van der Waals surface area contributed by atoms with E-state index >= 15 is 0 Å². The third-order valence-electron chi connectivity index (χ3n) is 4.46. The molecular weight excluding hydrogens is 437 g/mol. The fraction of sp³-hybridized carbons (Fsp3) is 0.300. The second kappa shape index (κ2) is 9.12. The average molecular weight is 454 g/mol. The third kappa shape index (κ3) is 5.25. The van der Waals surface area contributed by atoms with E-state index in [4.69, 9.17) is 14.2 Å². The van der Waals surface area contributed by atoms with Gasteiger partial charge in [-0.3, -0.25) is 14.9 Å². The van der Waals surface area contributed by atoms with E-state index < -0.39 is 46.8 Å². The van der Waals surface area contributed by atoms with E-state index in [1.54, 1.807) is 6.07 Å². The first kappa shape index (κ1) is 22.8. The Morgan fingerprint density at radius 2 is 1.84 bits per heavy atom. The van der Waals surface area contributed by atoms with Crippen molar-refractivity contribution in [3.63, 3.8) is 0 Å². The molecule has 1 atom stereocenters. The SMILES string of the molecule is C[C@@H](Nc1ccc(C(F)(F)F)cc1[N+](=O)[O-])C(=O)OCC(=O)c1ccc2c(c1)OCCO2. The Balaban J connectivity index is 1.62. The molecule has 0 spiro atoms. The Bertz CT molecular complexity index is 1060. The first-order valence-electron chi connectivity index (χ1n) is 9.28. The zero-order chi connectivity index (χ0) is 23.5. The van der Waals surface area contributed by atoms with Crippen LogP contribution in [0.25, 0.3) is 0 Å². The number of hydrogen-bond acceptors (Lipinski definition) is 8. The van der Waals surface area contributed by atoms with Crippen molar-refractivity contribution in [2.45, 2.75) is 19.1 Å². The van der Waals surface area contributed by atoms with E-state index in [2.05, 4.69) is 5.32 Å². The molecular formula is C20H17F3N2O7. The molecule has 3 rings (SSSR count). The number of ether oxygens (including phenoxy) is 3. The first-order valence-corrected chi connectivity index (χ1v) is 9.28. The van der Waals surface area contributed by atoms with E-state index in [9.17, 15) is 32.9 Å². The van der Waals surface area contributed by atoms with E-state index in [0.717, 1.165) is 6.07 Å². The first-order chi connectivity index (χ1) is 15.1. The highest BCUT2D eigenvalue weighted by atomic mass is 19.4. The van der Waals surface area contributed by atoms with Gasteiger partial charge in [-0.25, -0.2) is 4.79 Å². The van der Waals surface area contributed by atoms with Crippen molar-refractivity contribution in [1.82, 2.24) is 0 Å². The summed E-state index contributed by atoms with van der Waals surface area (Å²) in [4.78, 5) is 34.6. The molecule has 1 N–H and O–H groups in total. The number of halogens is 3. The Morgan fingerprint density at radius 1 is 1.16 bits per heavy atom. The van der Waals surface area contributed by atoms with Crippen molar-refractivity contribution >= 4 is 23.1 Å². The fourth-order valence-electron chi connectivity index (χ4n) is 2.84. The number of Topliss-reactive ketones (excluding diaryl/α,β-unsaturated/α-hetero) is 1. The summed E-state index contributed by atoms with van der Waals surface area (Å²) in [6, 6.07) is 5.18. The highest BCUT2D eigenvalue weighted by Gasteiger charge is 2.33. The van der Waals surface area contributed by atoms with Gasteiger partial charge in [-0.1, -0.05) is 0 Å². The molecule has 32 heavy (non-hydrogen) atoms. The van der Waals surface area contributed by atoms with Gasteiger partial charge >= 0.3 is 12.1 Å². The molecule has 0 fully saturated rings. The Kier molecular flexibility index (Phi) is 6.51. The van der Waals surface area contributed by atoms with Crippen molar-refractivity contribution < 1.29 is 41.9 Å². The van der Waals surface area contributed by atoms with Crippen LogP contribution in [-0.4, -0.2) is 42.5 Å². The number of rotatable bonds is 7. The topological polar surface area (TPSA) is 117 Å². The Hall–Kier alpha value is -3.83. The normalized spacial score (nSPS) is 13.8. The second-order valence-corrected chi connectivity index (χ2v) is 6.74. The smallest absolute Gasteiger partial charge is 0.416 e. The van der Waals surface area contributed by atoms with Crippen LogP contribution in [0.2, 0.25) is 0 Å². The number of fused-ring (bicyclic) bond motifs is 1. The predicted molar refractivity (Wildman–Crippen MR) is 104 cm³/mol. The fourth-order valence-corrected chi connectivity index (χ4v) is 2.84. The Labute approximate surface area is 179 Å². The van der Waals surface area contributed by atoms with E-state index in [0.29, 0.717) is 36.8 Å². The van der Waals surface area contributed by atoms with Gasteiger partial charge in [0.05, 0.1) is 10.5 Å². The molecule has 12 heteroatoms. The van der Waals surface area contributed by atoms with Gasteiger partial charge in [0.25, 0.3) is 5.69 Å². The average Bonchev–Trinajstić information content (AvgIpc) is 2.76. The molecule has 1 aliphatic heterocycles. The summed E-state index contributed by atoms with van der Waals surface area (Å²) in [6.07, 6.45) is -4.76. The van der Waals surface area contributed by atoms with Crippen LogP contribution in [0.5, 0.6) is 11.5 Å². The van der Waals surface area contributed by atoms with Crippen LogP contribution < -0.4 is 14.8 Å². The number of carbonyl (C=O) groups is 2. The van der Waals surface area contributed by atoms with Crippen molar-refractivity contribution in [3.05, 3.63) is 57.6 Å². The summed E-state index contributed by atoms with van der Waals surface area (Å²) in [6.45, 7) is 1.40. The molecule has 170 valence electrons. The molecule has 0 saturated carbocycles. The molecule has 0 unspecified atom stereocenters. The minimum Gasteiger partial charge on any atom is -0.486 e. The largest absolute Gasteiger partial charge is 0.486 e. The monoisotopic (exact) mass is 454 g/mol. The van der Waals surface area contributed by atoms with Gasteiger partial charge in [-0.05, 0) is 37.3 Å². The zero-order valence-corrected chi connectivity index (χ0v) is 16.6. The molecule has 2 aromatic rings. The molecule has 0 amide bonds. The number of benzene rings is 2. The highest BCUT2D eigenvalue weighted by molar-refractivity contribution is 5.98. The molecule has 1 heterocycles. The number of nitro benzene ring substituents is 1.